The van der Waals surface area contributed by atoms with Crippen LogP contribution in [0, 0.1) is 0 Å². The molecule has 0 radical (unpaired) electrons. The van der Waals surface area contributed by atoms with Gasteiger partial charge in [-0.1, -0.05) is 26.0 Å². The standard InChI is InChI=1S/C16H17NO2/c1-11(2)12-4-3-5-13(10-12)16(19)17-14-6-8-15(18)9-7-14/h3-11,18H,1-2H3,(H,17,19). The van der Waals surface area contributed by atoms with Crippen molar-refractivity contribution in [2.45, 2.75) is 19.8 Å². The quantitative estimate of drug-likeness (QED) is 0.820. The van der Waals surface area contributed by atoms with Crippen LogP contribution in [-0.4, -0.2) is 11.0 Å². The highest BCUT2D eigenvalue weighted by atomic mass is 16.3. The van der Waals surface area contributed by atoms with Crippen molar-refractivity contribution in [2.75, 3.05) is 5.32 Å². The molecule has 0 fully saturated rings. The molecule has 0 aliphatic rings. The molecule has 2 aromatic rings. The van der Waals surface area contributed by atoms with Gasteiger partial charge in [0.2, 0.25) is 0 Å². The number of amides is 1. The minimum absolute atomic E-state index is 0.145. The fourth-order valence-electron chi connectivity index (χ4n) is 1.79. The third kappa shape index (κ3) is 3.35. The summed E-state index contributed by atoms with van der Waals surface area (Å²) in [6.45, 7) is 4.19. The molecule has 0 heterocycles. The van der Waals surface area contributed by atoms with E-state index in [-0.39, 0.29) is 11.7 Å². The van der Waals surface area contributed by atoms with Gasteiger partial charge in [0.25, 0.3) is 5.91 Å². The van der Waals surface area contributed by atoms with Gasteiger partial charge in [-0.05, 0) is 47.9 Å². The lowest BCUT2D eigenvalue weighted by Gasteiger charge is -2.09. The molecular weight excluding hydrogens is 238 g/mol. The smallest absolute Gasteiger partial charge is 0.255 e. The number of benzene rings is 2. The number of aromatic hydroxyl groups is 1. The molecule has 0 spiro atoms. The number of phenols is 1. The minimum Gasteiger partial charge on any atom is -0.508 e. The van der Waals surface area contributed by atoms with Crippen LogP contribution >= 0.6 is 0 Å². The Morgan fingerprint density at radius 1 is 1.11 bits per heavy atom. The molecular formula is C16H17NO2. The average molecular weight is 255 g/mol. The summed E-state index contributed by atoms with van der Waals surface area (Å²) in [6.07, 6.45) is 0. The average Bonchev–Trinajstić information content (AvgIpc) is 2.41. The number of carbonyl (C=O) groups is 1. The molecule has 1 amide bonds. The Balaban J connectivity index is 2.15. The van der Waals surface area contributed by atoms with Gasteiger partial charge < -0.3 is 10.4 Å². The summed E-state index contributed by atoms with van der Waals surface area (Å²) >= 11 is 0. The highest BCUT2D eigenvalue weighted by molar-refractivity contribution is 6.04. The number of hydrogen-bond donors (Lipinski definition) is 2. The molecule has 19 heavy (non-hydrogen) atoms. The minimum atomic E-state index is -0.145. The van der Waals surface area contributed by atoms with E-state index in [1.54, 1.807) is 30.3 Å². The molecule has 0 saturated carbocycles. The van der Waals surface area contributed by atoms with Crippen LogP contribution in [0.1, 0.15) is 35.7 Å². The highest BCUT2D eigenvalue weighted by Crippen LogP contribution is 2.18. The van der Waals surface area contributed by atoms with E-state index in [9.17, 15) is 9.90 Å². The van der Waals surface area contributed by atoms with Gasteiger partial charge >= 0.3 is 0 Å². The lowest BCUT2D eigenvalue weighted by Crippen LogP contribution is -2.12. The summed E-state index contributed by atoms with van der Waals surface area (Å²) in [7, 11) is 0. The predicted molar refractivity (Wildman–Crippen MR) is 76.6 cm³/mol. The van der Waals surface area contributed by atoms with E-state index < -0.39 is 0 Å². The normalized spacial score (nSPS) is 10.5. The van der Waals surface area contributed by atoms with Crippen molar-refractivity contribution < 1.29 is 9.90 Å². The fraction of sp³-hybridized carbons (Fsp3) is 0.188. The predicted octanol–water partition coefficient (Wildman–Crippen LogP) is 3.77. The van der Waals surface area contributed by atoms with Crippen molar-refractivity contribution >= 4 is 11.6 Å². The summed E-state index contributed by atoms with van der Waals surface area (Å²) in [6, 6.07) is 14.0. The van der Waals surface area contributed by atoms with E-state index in [2.05, 4.69) is 19.2 Å². The van der Waals surface area contributed by atoms with Gasteiger partial charge in [0, 0.05) is 11.3 Å². The van der Waals surface area contributed by atoms with Crippen LogP contribution in [0.3, 0.4) is 0 Å². The number of hydrogen-bond acceptors (Lipinski definition) is 2. The van der Waals surface area contributed by atoms with Gasteiger partial charge in [-0.3, -0.25) is 4.79 Å². The first-order chi connectivity index (χ1) is 9.06. The monoisotopic (exact) mass is 255 g/mol. The molecule has 3 nitrogen and oxygen atoms in total. The molecule has 0 atom stereocenters. The van der Waals surface area contributed by atoms with Crippen LogP contribution in [0.25, 0.3) is 0 Å². The van der Waals surface area contributed by atoms with Gasteiger partial charge in [-0.25, -0.2) is 0 Å². The molecule has 2 N–H and O–H groups in total. The molecule has 0 aliphatic heterocycles. The maximum atomic E-state index is 12.1. The Morgan fingerprint density at radius 2 is 1.79 bits per heavy atom. The Hall–Kier alpha value is -2.29. The zero-order valence-corrected chi connectivity index (χ0v) is 11.1. The largest absolute Gasteiger partial charge is 0.508 e. The first-order valence-electron chi connectivity index (χ1n) is 6.26. The Bertz CT molecular complexity index is 574. The van der Waals surface area contributed by atoms with Crippen molar-refractivity contribution in [3.63, 3.8) is 0 Å². The zero-order valence-electron chi connectivity index (χ0n) is 11.1. The second-order valence-corrected chi connectivity index (χ2v) is 4.78. The second-order valence-electron chi connectivity index (χ2n) is 4.78. The van der Waals surface area contributed by atoms with E-state index in [1.165, 1.54) is 0 Å². The Morgan fingerprint density at radius 3 is 2.42 bits per heavy atom. The molecule has 3 heteroatoms. The van der Waals surface area contributed by atoms with Crippen LogP contribution in [0.2, 0.25) is 0 Å². The number of phenolic OH excluding ortho intramolecular Hbond substituents is 1. The number of rotatable bonds is 3. The van der Waals surface area contributed by atoms with E-state index >= 15 is 0 Å². The molecule has 2 aromatic carbocycles. The third-order valence-electron chi connectivity index (χ3n) is 2.94. The third-order valence-corrected chi connectivity index (χ3v) is 2.94. The number of carbonyl (C=O) groups excluding carboxylic acids is 1. The summed E-state index contributed by atoms with van der Waals surface area (Å²) in [4.78, 5) is 12.1. The van der Waals surface area contributed by atoms with Gasteiger partial charge in [0.15, 0.2) is 0 Å². The zero-order chi connectivity index (χ0) is 13.8. The molecule has 0 unspecified atom stereocenters. The van der Waals surface area contributed by atoms with E-state index in [1.807, 2.05) is 18.2 Å². The second kappa shape index (κ2) is 5.57. The first kappa shape index (κ1) is 13.1. The molecule has 0 saturated heterocycles. The molecule has 0 bridgehead atoms. The fourth-order valence-corrected chi connectivity index (χ4v) is 1.79. The van der Waals surface area contributed by atoms with Crippen LogP contribution < -0.4 is 5.32 Å². The lowest BCUT2D eigenvalue weighted by atomic mass is 10.0. The van der Waals surface area contributed by atoms with Gasteiger partial charge in [0.05, 0.1) is 0 Å². The van der Waals surface area contributed by atoms with Crippen molar-refractivity contribution in [1.29, 1.82) is 0 Å². The first-order valence-corrected chi connectivity index (χ1v) is 6.26. The topological polar surface area (TPSA) is 49.3 Å². The summed E-state index contributed by atoms with van der Waals surface area (Å²) in [5.41, 5.74) is 2.44. The number of nitrogens with one attached hydrogen (secondary N) is 1. The van der Waals surface area contributed by atoms with E-state index in [4.69, 9.17) is 0 Å². The summed E-state index contributed by atoms with van der Waals surface area (Å²) in [5.74, 6) is 0.425. The lowest BCUT2D eigenvalue weighted by molar-refractivity contribution is 0.102. The van der Waals surface area contributed by atoms with Crippen LogP contribution in [0.4, 0.5) is 5.69 Å². The molecule has 98 valence electrons. The van der Waals surface area contributed by atoms with Gasteiger partial charge in [0.1, 0.15) is 5.75 Å². The maximum absolute atomic E-state index is 12.1. The maximum Gasteiger partial charge on any atom is 0.255 e. The van der Waals surface area contributed by atoms with Crippen LogP contribution in [-0.2, 0) is 0 Å². The van der Waals surface area contributed by atoms with E-state index in [0.717, 1.165) is 5.56 Å². The van der Waals surface area contributed by atoms with Crippen molar-refractivity contribution in [3.05, 3.63) is 59.7 Å². The number of anilines is 1. The Labute approximate surface area is 112 Å². The molecule has 2 rings (SSSR count). The van der Waals surface area contributed by atoms with Crippen LogP contribution in [0.5, 0.6) is 5.75 Å². The van der Waals surface area contributed by atoms with Crippen molar-refractivity contribution in [3.8, 4) is 5.75 Å². The van der Waals surface area contributed by atoms with Gasteiger partial charge in [-0.2, -0.15) is 0 Å². The van der Waals surface area contributed by atoms with Gasteiger partial charge in [-0.15, -0.1) is 0 Å². The highest BCUT2D eigenvalue weighted by Gasteiger charge is 2.08. The van der Waals surface area contributed by atoms with Crippen molar-refractivity contribution in [2.24, 2.45) is 0 Å². The summed E-state index contributed by atoms with van der Waals surface area (Å²) < 4.78 is 0. The van der Waals surface area contributed by atoms with Crippen LogP contribution in [0.15, 0.2) is 48.5 Å². The van der Waals surface area contributed by atoms with Crippen molar-refractivity contribution in [1.82, 2.24) is 0 Å². The molecule has 0 aliphatic carbocycles. The van der Waals surface area contributed by atoms with E-state index in [0.29, 0.717) is 17.2 Å². The Kier molecular flexibility index (Phi) is 3.85. The SMILES string of the molecule is CC(C)c1cccc(C(=O)Nc2ccc(O)cc2)c1. The molecule has 0 aromatic heterocycles. The summed E-state index contributed by atoms with van der Waals surface area (Å²) in [5, 5.41) is 12.0.